The standard InChI is InChI=1S/C14H19N3O/c1-3-12-8-13(17(4-2)16-12)9-14(18)11-6-5-7-15-10-11/h5-8,10,14,18H,3-4,9H2,1-2H3. The molecule has 0 aliphatic carbocycles. The normalized spacial score (nSPS) is 12.6. The van der Waals surface area contributed by atoms with E-state index < -0.39 is 6.10 Å². The van der Waals surface area contributed by atoms with Crippen LogP contribution < -0.4 is 0 Å². The van der Waals surface area contributed by atoms with Crippen molar-refractivity contribution >= 4 is 0 Å². The molecule has 2 heterocycles. The summed E-state index contributed by atoms with van der Waals surface area (Å²) < 4.78 is 1.96. The van der Waals surface area contributed by atoms with Gasteiger partial charge in [-0.3, -0.25) is 9.67 Å². The third-order valence-corrected chi connectivity index (χ3v) is 3.05. The number of aliphatic hydroxyl groups excluding tert-OH is 1. The van der Waals surface area contributed by atoms with Crippen LogP contribution in [0.3, 0.4) is 0 Å². The number of aryl methyl sites for hydroxylation is 2. The second-order valence-electron chi connectivity index (χ2n) is 4.30. The molecule has 4 heteroatoms. The molecule has 2 aromatic heterocycles. The van der Waals surface area contributed by atoms with E-state index in [1.54, 1.807) is 12.4 Å². The molecule has 0 spiro atoms. The minimum absolute atomic E-state index is 0.523. The quantitative estimate of drug-likeness (QED) is 0.878. The molecular formula is C14H19N3O. The SMILES string of the molecule is CCc1cc(CC(O)c2cccnc2)n(CC)n1. The van der Waals surface area contributed by atoms with E-state index in [4.69, 9.17) is 0 Å². The summed E-state index contributed by atoms with van der Waals surface area (Å²) in [5.74, 6) is 0. The van der Waals surface area contributed by atoms with Crippen molar-refractivity contribution in [3.8, 4) is 0 Å². The fraction of sp³-hybridized carbons (Fsp3) is 0.429. The first-order valence-electron chi connectivity index (χ1n) is 6.38. The predicted molar refractivity (Wildman–Crippen MR) is 70.2 cm³/mol. The van der Waals surface area contributed by atoms with Gasteiger partial charge in [0.2, 0.25) is 0 Å². The molecule has 0 radical (unpaired) electrons. The van der Waals surface area contributed by atoms with E-state index >= 15 is 0 Å². The van der Waals surface area contributed by atoms with Gasteiger partial charge in [0, 0.05) is 31.1 Å². The zero-order valence-corrected chi connectivity index (χ0v) is 10.9. The molecule has 0 saturated carbocycles. The van der Waals surface area contributed by atoms with Crippen LogP contribution in [0.1, 0.15) is 36.9 Å². The maximum atomic E-state index is 10.2. The minimum Gasteiger partial charge on any atom is -0.388 e. The molecule has 0 aromatic carbocycles. The van der Waals surface area contributed by atoms with Crippen LogP contribution in [-0.4, -0.2) is 19.9 Å². The van der Waals surface area contributed by atoms with Crippen molar-refractivity contribution in [2.24, 2.45) is 0 Å². The monoisotopic (exact) mass is 245 g/mol. The van der Waals surface area contributed by atoms with Gasteiger partial charge in [-0.15, -0.1) is 0 Å². The van der Waals surface area contributed by atoms with Gasteiger partial charge in [-0.05, 0) is 31.0 Å². The molecule has 4 nitrogen and oxygen atoms in total. The van der Waals surface area contributed by atoms with Crippen LogP contribution in [0.2, 0.25) is 0 Å². The average Bonchev–Trinajstić information content (AvgIpc) is 2.82. The van der Waals surface area contributed by atoms with Gasteiger partial charge < -0.3 is 5.11 Å². The van der Waals surface area contributed by atoms with Crippen molar-refractivity contribution in [3.05, 3.63) is 47.5 Å². The first-order valence-corrected chi connectivity index (χ1v) is 6.38. The van der Waals surface area contributed by atoms with E-state index in [0.29, 0.717) is 6.42 Å². The first kappa shape index (κ1) is 12.8. The summed E-state index contributed by atoms with van der Waals surface area (Å²) in [4.78, 5) is 4.03. The highest BCUT2D eigenvalue weighted by Crippen LogP contribution is 2.18. The number of aliphatic hydroxyl groups is 1. The average molecular weight is 245 g/mol. The molecular weight excluding hydrogens is 226 g/mol. The fourth-order valence-electron chi connectivity index (χ4n) is 2.01. The van der Waals surface area contributed by atoms with Gasteiger partial charge in [0.15, 0.2) is 0 Å². The smallest absolute Gasteiger partial charge is 0.0860 e. The molecule has 96 valence electrons. The summed E-state index contributed by atoms with van der Waals surface area (Å²) in [5.41, 5.74) is 3.00. The molecule has 0 saturated heterocycles. The van der Waals surface area contributed by atoms with Crippen LogP contribution in [-0.2, 0) is 19.4 Å². The molecule has 1 atom stereocenters. The van der Waals surface area contributed by atoms with Gasteiger partial charge >= 0.3 is 0 Å². The first-order chi connectivity index (χ1) is 8.74. The lowest BCUT2D eigenvalue weighted by atomic mass is 10.1. The van der Waals surface area contributed by atoms with E-state index in [1.807, 2.05) is 16.8 Å². The third-order valence-electron chi connectivity index (χ3n) is 3.05. The highest BCUT2D eigenvalue weighted by atomic mass is 16.3. The lowest BCUT2D eigenvalue weighted by Gasteiger charge is -2.11. The number of hydrogen-bond donors (Lipinski definition) is 1. The predicted octanol–water partition coefficient (Wildman–Crippen LogP) is 2.14. The molecule has 2 rings (SSSR count). The maximum Gasteiger partial charge on any atom is 0.0860 e. The van der Waals surface area contributed by atoms with Crippen molar-refractivity contribution < 1.29 is 5.11 Å². The second kappa shape index (κ2) is 5.78. The molecule has 2 aromatic rings. The van der Waals surface area contributed by atoms with Gasteiger partial charge in [0.25, 0.3) is 0 Å². The zero-order valence-electron chi connectivity index (χ0n) is 10.9. The summed E-state index contributed by atoms with van der Waals surface area (Å²) in [6.45, 7) is 4.98. The topological polar surface area (TPSA) is 50.9 Å². The summed E-state index contributed by atoms with van der Waals surface area (Å²) in [7, 11) is 0. The van der Waals surface area contributed by atoms with Gasteiger partial charge in [-0.2, -0.15) is 5.10 Å². The van der Waals surface area contributed by atoms with Gasteiger partial charge in [0.05, 0.1) is 11.8 Å². The van der Waals surface area contributed by atoms with E-state index in [0.717, 1.165) is 29.9 Å². The number of hydrogen-bond acceptors (Lipinski definition) is 3. The highest BCUT2D eigenvalue weighted by molar-refractivity contribution is 5.17. The Bertz CT molecular complexity index is 493. The van der Waals surface area contributed by atoms with E-state index in [2.05, 4.69) is 30.0 Å². The van der Waals surface area contributed by atoms with Gasteiger partial charge in [-0.25, -0.2) is 0 Å². The number of pyridine rings is 1. The Morgan fingerprint density at radius 2 is 2.22 bits per heavy atom. The number of nitrogens with zero attached hydrogens (tertiary/aromatic N) is 3. The van der Waals surface area contributed by atoms with Gasteiger partial charge in [0.1, 0.15) is 0 Å². The summed E-state index contributed by atoms with van der Waals surface area (Å²) in [6, 6.07) is 5.81. The Hall–Kier alpha value is -1.68. The summed E-state index contributed by atoms with van der Waals surface area (Å²) in [6.07, 6.45) is 4.39. The second-order valence-corrected chi connectivity index (χ2v) is 4.30. The largest absolute Gasteiger partial charge is 0.388 e. The molecule has 0 aliphatic rings. The lowest BCUT2D eigenvalue weighted by molar-refractivity contribution is 0.175. The van der Waals surface area contributed by atoms with Crippen molar-refractivity contribution in [1.82, 2.24) is 14.8 Å². The fourth-order valence-corrected chi connectivity index (χ4v) is 2.01. The van der Waals surface area contributed by atoms with Crippen molar-refractivity contribution in [2.75, 3.05) is 0 Å². The molecule has 1 N–H and O–H groups in total. The van der Waals surface area contributed by atoms with Crippen molar-refractivity contribution in [1.29, 1.82) is 0 Å². The Morgan fingerprint density at radius 3 is 2.83 bits per heavy atom. The zero-order chi connectivity index (χ0) is 13.0. The van der Waals surface area contributed by atoms with Crippen LogP contribution in [0.25, 0.3) is 0 Å². The van der Waals surface area contributed by atoms with Gasteiger partial charge in [-0.1, -0.05) is 13.0 Å². The minimum atomic E-state index is -0.523. The number of rotatable bonds is 5. The molecule has 0 fully saturated rings. The van der Waals surface area contributed by atoms with Crippen LogP contribution in [0.5, 0.6) is 0 Å². The van der Waals surface area contributed by atoms with Crippen LogP contribution in [0.4, 0.5) is 0 Å². The molecule has 1 unspecified atom stereocenters. The highest BCUT2D eigenvalue weighted by Gasteiger charge is 2.13. The van der Waals surface area contributed by atoms with Crippen LogP contribution in [0.15, 0.2) is 30.6 Å². The van der Waals surface area contributed by atoms with Crippen LogP contribution in [0, 0.1) is 0 Å². The van der Waals surface area contributed by atoms with E-state index in [-0.39, 0.29) is 0 Å². The van der Waals surface area contributed by atoms with Crippen molar-refractivity contribution in [2.45, 2.75) is 39.3 Å². The Balaban J connectivity index is 2.16. The maximum absolute atomic E-state index is 10.2. The Kier molecular flexibility index (Phi) is 4.10. The summed E-state index contributed by atoms with van der Waals surface area (Å²) in [5, 5.41) is 14.7. The third kappa shape index (κ3) is 2.76. The number of aromatic nitrogens is 3. The molecule has 0 aliphatic heterocycles. The van der Waals surface area contributed by atoms with Crippen molar-refractivity contribution in [3.63, 3.8) is 0 Å². The Morgan fingerprint density at radius 1 is 1.39 bits per heavy atom. The van der Waals surface area contributed by atoms with Crippen LogP contribution >= 0.6 is 0 Å². The molecule has 0 amide bonds. The summed E-state index contributed by atoms with van der Waals surface area (Å²) >= 11 is 0. The van der Waals surface area contributed by atoms with E-state index in [1.165, 1.54) is 0 Å². The molecule has 0 bridgehead atoms. The van der Waals surface area contributed by atoms with E-state index in [9.17, 15) is 5.11 Å². The Labute approximate surface area is 107 Å². The lowest BCUT2D eigenvalue weighted by Crippen LogP contribution is -2.08. The molecule has 18 heavy (non-hydrogen) atoms.